The second-order valence-electron chi connectivity index (χ2n) is 6.34. The Hall–Kier alpha value is -2.47. The molecular weight excluding hydrogens is 302 g/mol. The van der Waals surface area contributed by atoms with Crippen LogP contribution in [0.15, 0.2) is 41.3 Å². The van der Waals surface area contributed by atoms with Gasteiger partial charge >= 0.3 is 0 Å². The molecule has 2 aromatic heterocycles. The summed E-state index contributed by atoms with van der Waals surface area (Å²) in [6.07, 6.45) is 5.40. The maximum Gasteiger partial charge on any atom is 0.269 e. The van der Waals surface area contributed by atoms with Crippen LogP contribution in [0.3, 0.4) is 0 Å². The van der Waals surface area contributed by atoms with Crippen molar-refractivity contribution in [3.8, 4) is 5.69 Å². The molecule has 124 valence electrons. The topological polar surface area (TPSA) is 56.0 Å². The number of piperidine rings is 1. The molecule has 3 aromatic rings. The van der Waals surface area contributed by atoms with E-state index in [2.05, 4.69) is 15.0 Å². The molecule has 0 N–H and O–H groups in total. The lowest BCUT2D eigenvalue weighted by atomic mass is 10.1. The quantitative estimate of drug-likeness (QED) is 0.742. The van der Waals surface area contributed by atoms with Gasteiger partial charge in [0.2, 0.25) is 0 Å². The van der Waals surface area contributed by atoms with Crippen molar-refractivity contribution < 1.29 is 0 Å². The van der Waals surface area contributed by atoms with Crippen LogP contribution in [0.2, 0.25) is 0 Å². The summed E-state index contributed by atoms with van der Waals surface area (Å²) in [5, 5.41) is 5.00. The van der Waals surface area contributed by atoms with Crippen LogP contribution in [0.4, 0.5) is 0 Å². The molecule has 24 heavy (non-hydrogen) atoms. The second kappa shape index (κ2) is 6.20. The van der Waals surface area contributed by atoms with E-state index in [1.165, 1.54) is 19.3 Å². The van der Waals surface area contributed by atoms with E-state index in [1.807, 2.05) is 41.9 Å². The number of rotatable bonds is 3. The van der Waals surface area contributed by atoms with Crippen LogP contribution in [0, 0.1) is 6.92 Å². The second-order valence-corrected chi connectivity index (χ2v) is 6.34. The molecule has 0 unspecified atom stereocenters. The first-order valence-corrected chi connectivity index (χ1v) is 8.47. The van der Waals surface area contributed by atoms with Gasteiger partial charge in [-0.3, -0.25) is 14.3 Å². The fourth-order valence-corrected chi connectivity index (χ4v) is 3.39. The smallest absolute Gasteiger partial charge is 0.269 e. The number of likely N-dealkylation sites (tertiary alicyclic amines) is 1. The van der Waals surface area contributed by atoms with Crippen LogP contribution in [-0.4, -0.2) is 37.3 Å². The fourth-order valence-electron chi connectivity index (χ4n) is 3.39. The Bertz CT molecular complexity index is 906. The molecule has 6 nitrogen and oxygen atoms in total. The zero-order valence-corrected chi connectivity index (χ0v) is 13.9. The van der Waals surface area contributed by atoms with Crippen molar-refractivity contribution in [1.29, 1.82) is 0 Å². The summed E-state index contributed by atoms with van der Waals surface area (Å²) in [4.78, 5) is 20.0. The molecule has 1 aromatic carbocycles. The highest BCUT2D eigenvalue weighted by Crippen LogP contribution is 2.14. The van der Waals surface area contributed by atoms with E-state index in [0.29, 0.717) is 23.5 Å². The van der Waals surface area contributed by atoms with Crippen molar-refractivity contribution in [2.75, 3.05) is 13.1 Å². The zero-order valence-electron chi connectivity index (χ0n) is 13.9. The molecule has 0 saturated carbocycles. The number of benzene rings is 1. The van der Waals surface area contributed by atoms with Crippen LogP contribution in [0.25, 0.3) is 16.7 Å². The predicted molar refractivity (Wildman–Crippen MR) is 93.3 cm³/mol. The van der Waals surface area contributed by atoms with Crippen LogP contribution >= 0.6 is 0 Å². The third kappa shape index (κ3) is 2.63. The summed E-state index contributed by atoms with van der Waals surface area (Å²) in [5.41, 5.74) is 1.45. The molecule has 1 fully saturated rings. The van der Waals surface area contributed by atoms with Crippen LogP contribution < -0.4 is 5.56 Å². The van der Waals surface area contributed by atoms with E-state index in [0.717, 1.165) is 18.8 Å². The zero-order chi connectivity index (χ0) is 16.5. The molecule has 0 radical (unpaired) electrons. The maximum absolute atomic E-state index is 12.9. The monoisotopic (exact) mass is 323 g/mol. The van der Waals surface area contributed by atoms with Gasteiger partial charge in [0.1, 0.15) is 11.2 Å². The van der Waals surface area contributed by atoms with Gasteiger partial charge in [0, 0.05) is 0 Å². The molecule has 0 bridgehead atoms. The van der Waals surface area contributed by atoms with Crippen molar-refractivity contribution >= 4 is 11.0 Å². The van der Waals surface area contributed by atoms with Crippen LogP contribution in [0.5, 0.6) is 0 Å². The first kappa shape index (κ1) is 15.1. The van der Waals surface area contributed by atoms with E-state index in [1.54, 1.807) is 10.8 Å². The Labute approximate surface area is 140 Å². The number of hydrogen-bond donors (Lipinski definition) is 0. The van der Waals surface area contributed by atoms with Crippen LogP contribution in [-0.2, 0) is 6.67 Å². The van der Waals surface area contributed by atoms with E-state index < -0.39 is 0 Å². The molecule has 0 amide bonds. The third-order valence-electron chi connectivity index (χ3n) is 4.63. The summed E-state index contributed by atoms with van der Waals surface area (Å²) >= 11 is 0. The van der Waals surface area contributed by atoms with Crippen molar-refractivity contribution in [1.82, 2.24) is 24.2 Å². The Morgan fingerprint density at radius 2 is 1.83 bits per heavy atom. The number of aryl methyl sites for hydroxylation is 1. The molecule has 4 rings (SSSR count). The van der Waals surface area contributed by atoms with Crippen molar-refractivity contribution in [2.45, 2.75) is 32.9 Å². The number of aromatic nitrogens is 4. The first-order chi connectivity index (χ1) is 11.7. The molecule has 6 heteroatoms. The van der Waals surface area contributed by atoms with Gasteiger partial charge < -0.3 is 0 Å². The highest BCUT2D eigenvalue weighted by molar-refractivity contribution is 5.73. The Balaban J connectivity index is 1.77. The van der Waals surface area contributed by atoms with E-state index in [-0.39, 0.29) is 5.56 Å². The van der Waals surface area contributed by atoms with Crippen molar-refractivity contribution in [3.63, 3.8) is 0 Å². The highest BCUT2D eigenvalue weighted by Gasteiger charge is 2.16. The SMILES string of the molecule is Cc1nc2c(cnn2CN2CCCCC2)c(=O)n1-c1ccccc1. The molecule has 0 spiro atoms. The fraction of sp³-hybridized carbons (Fsp3) is 0.389. The summed E-state index contributed by atoms with van der Waals surface area (Å²) in [6, 6.07) is 9.61. The van der Waals surface area contributed by atoms with Gasteiger partial charge in [-0.05, 0) is 45.0 Å². The Kier molecular flexibility index (Phi) is 3.90. The number of fused-ring (bicyclic) bond motifs is 1. The van der Waals surface area contributed by atoms with Gasteiger partial charge in [0.15, 0.2) is 5.65 Å². The number of para-hydroxylation sites is 1. The van der Waals surface area contributed by atoms with E-state index in [9.17, 15) is 4.79 Å². The minimum absolute atomic E-state index is 0.0615. The molecule has 0 atom stereocenters. The maximum atomic E-state index is 12.9. The minimum atomic E-state index is -0.0615. The minimum Gasteiger partial charge on any atom is -0.284 e. The lowest BCUT2D eigenvalue weighted by molar-refractivity contribution is 0.176. The standard InChI is InChI=1S/C18H21N5O/c1-14-20-17-16(18(24)23(14)15-8-4-2-5-9-15)12-19-22(17)13-21-10-6-3-7-11-21/h2,4-5,8-9,12H,3,6-7,10-11,13H2,1H3. The van der Waals surface area contributed by atoms with Crippen molar-refractivity contribution in [2.24, 2.45) is 0 Å². The molecule has 0 aliphatic carbocycles. The van der Waals surface area contributed by atoms with Gasteiger partial charge in [-0.15, -0.1) is 0 Å². The number of hydrogen-bond acceptors (Lipinski definition) is 4. The van der Waals surface area contributed by atoms with Crippen molar-refractivity contribution in [3.05, 3.63) is 52.7 Å². The summed E-state index contributed by atoms with van der Waals surface area (Å²) in [6.45, 7) is 4.74. The average molecular weight is 323 g/mol. The molecule has 1 aliphatic heterocycles. The third-order valence-corrected chi connectivity index (χ3v) is 4.63. The summed E-state index contributed by atoms with van der Waals surface area (Å²) in [5.74, 6) is 0.680. The molecule has 1 saturated heterocycles. The van der Waals surface area contributed by atoms with Gasteiger partial charge in [-0.2, -0.15) is 5.10 Å². The molecule has 3 heterocycles. The predicted octanol–water partition coefficient (Wildman–Crippen LogP) is 2.33. The Morgan fingerprint density at radius 1 is 1.08 bits per heavy atom. The molecular formula is C18H21N5O. The van der Waals surface area contributed by atoms with Crippen LogP contribution in [0.1, 0.15) is 25.1 Å². The normalized spacial score (nSPS) is 15.9. The summed E-state index contributed by atoms with van der Waals surface area (Å²) < 4.78 is 3.50. The average Bonchev–Trinajstić information content (AvgIpc) is 3.00. The number of nitrogens with zero attached hydrogens (tertiary/aromatic N) is 5. The lowest BCUT2D eigenvalue weighted by Crippen LogP contribution is -2.32. The Morgan fingerprint density at radius 3 is 2.58 bits per heavy atom. The highest BCUT2D eigenvalue weighted by atomic mass is 16.1. The first-order valence-electron chi connectivity index (χ1n) is 8.47. The van der Waals surface area contributed by atoms with Gasteiger partial charge in [-0.25, -0.2) is 9.67 Å². The van der Waals surface area contributed by atoms with Gasteiger partial charge in [-0.1, -0.05) is 24.6 Å². The van der Waals surface area contributed by atoms with Gasteiger partial charge in [0.25, 0.3) is 5.56 Å². The summed E-state index contributed by atoms with van der Waals surface area (Å²) in [7, 11) is 0. The largest absolute Gasteiger partial charge is 0.284 e. The lowest BCUT2D eigenvalue weighted by Gasteiger charge is -2.26. The van der Waals surface area contributed by atoms with E-state index >= 15 is 0 Å². The van der Waals surface area contributed by atoms with Gasteiger partial charge in [0.05, 0.1) is 18.6 Å². The molecule has 1 aliphatic rings. The van der Waals surface area contributed by atoms with E-state index in [4.69, 9.17) is 0 Å².